The average molecular weight is 331 g/mol. The molecule has 0 aromatic heterocycles. The van der Waals surface area contributed by atoms with Gasteiger partial charge in [-0.3, -0.25) is 0 Å². The van der Waals surface area contributed by atoms with Gasteiger partial charge < -0.3 is 15.7 Å². The number of aromatic hydroxyl groups is 1. The predicted octanol–water partition coefficient (Wildman–Crippen LogP) is 4.71. The number of rotatable bonds is 2. The van der Waals surface area contributed by atoms with Crippen LogP contribution in [0.3, 0.4) is 0 Å². The van der Waals surface area contributed by atoms with Gasteiger partial charge in [0.15, 0.2) is 0 Å². The number of carbonyl (C=O) groups excluding carboxylic acids is 1. The number of hydrogen-bond acceptors (Lipinski definition) is 2. The van der Waals surface area contributed by atoms with Crippen LogP contribution >= 0.6 is 11.6 Å². The molecule has 0 radical (unpaired) electrons. The molecule has 0 spiro atoms. The standard InChI is InChI=1S/C14H10ClF3N2O2/c15-10-6-5-8(7-9(10)14(16,17)18)19-13(22)20-11-3-1-2-4-12(11)21/h1-7,21H,(H2,19,20,22). The Morgan fingerprint density at radius 2 is 1.77 bits per heavy atom. The molecule has 0 fully saturated rings. The Labute approximate surface area is 128 Å². The summed E-state index contributed by atoms with van der Waals surface area (Å²) in [4.78, 5) is 11.7. The van der Waals surface area contributed by atoms with Gasteiger partial charge in [-0.25, -0.2) is 4.79 Å². The van der Waals surface area contributed by atoms with Gasteiger partial charge in [-0.2, -0.15) is 13.2 Å². The number of phenols is 1. The Morgan fingerprint density at radius 3 is 2.41 bits per heavy atom. The third-order valence-electron chi connectivity index (χ3n) is 2.68. The number of phenolic OH excluding ortho intramolecular Hbond substituents is 1. The first-order valence-electron chi connectivity index (χ1n) is 6.00. The molecule has 0 bridgehead atoms. The molecule has 8 heteroatoms. The Balaban J connectivity index is 2.14. The summed E-state index contributed by atoms with van der Waals surface area (Å²) in [6, 6.07) is 8.16. The largest absolute Gasteiger partial charge is 0.506 e. The van der Waals surface area contributed by atoms with Crippen molar-refractivity contribution in [1.82, 2.24) is 0 Å². The molecule has 2 rings (SSSR count). The van der Waals surface area contributed by atoms with Gasteiger partial charge in [0.25, 0.3) is 0 Å². The van der Waals surface area contributed by atoms with E-state index in [1.165, 1.54) is 18.2 Å². The summed E-state index contributed by atoms with van der Waals surface area (Å²) in [5.41, 5.74) is -0.996. The molecule has 2 amide bonds. The van der Waals surface area contributed by atoms with Gasteiger partial charge in [0.1, 0.15) is 5.75 Å². The van der Waals surface area contributed by atoms with E-state index < -0.39 is 22.8 Å². The van der Waals surface area contributed by atoms with Crippen LogP contribution in [0.2, 0.25) is 5.02 Å². The van der Waals surface area contributed by atoms with Crippen molar-refractivity contribution in [3.8, 4) is 5.75 Å². The molecule has 0 saturated carbocycles. The number of anilines is 2. The molecule has 2 aromatic rings. The number of hydrogen-bond donors (Lipinski definition) is 3. The van der Waals surface area contributed by atoms with Crippen molar-refractivity contribution in [3.05, 3.63) is 53.1 Å². The number of alkyl halides is 3. The van der Waals surface area contributed by atoms with Crippen LogP contribution in [0, 0.1) is 0 Å². The molecule has 116 valence electrons. The van der Waals surface area contributed by atoms with E-state index >= 15 is 0 Å². The lowest BCUT2D eigenvalue weighted by atomic mass is 10.2. The average Bonchev–Trinajstić information content (AvgIpc) is 2.42. The number of para-hydroxylation sites is 2. The normalized spacial score (nSPS) is 11.1. The molecule has 0 aliphatic heterocycles. The molecule has 0 atom stereocenters. The second kappa shape index (κ2) is 6.15. The molecule has 2 aromatic carbocycles. The van der Waals surface area contributed by atoms with Crippen molar-refractivity contribution in [2.45, 2.75) is 6.18 Å². The van der Waals surface area contributed by atoms with E-state index in [1.807, 2.05) is 0 Å². The van der Waals surface area contributed by atoms with Crippen molar-refractivity contribution < 1.29 is 23.1 Å². The smallest absolute Gasteiger partial charge is 0.417 e. The van der Waals surface area contributed by atoms with E-state index in [-0.39, 0.29) is 17.1 Å². The number of carbonyl (C=O) groups is 1. The summed E-state index contributed by atoms with van der Waals surface area (Å²) >= 11 is 5.49. The van der Waals surface area contributed by atoms with Crippen LogP contribution < -0.4 is 10.6 Å². The highest BCUT2D eigenvalue weighted by atomic mass is 35.5. The van der Waals surface area contributed by atoms with Crippen LogP contribution in [0.5, 0.6) is 5.75 Å². The third-order valence-corrected chi connectivity index (χ3v) is 3.01. The lowest BCUT2D eigenvalue weighted by molar-refractivity contribution is -0.137. The lowest BCUT2D eigenvalue weighted by Gasteiger charge is -2.12. The second-order valence-corrected chi connectivity index (χ2v) is 4.70. The maximum atomic E-state index is 12.7. The zero-order valence-electron chi connectivity index (χ0n) is 10.9. The van der Waals surface area contributed by atoms with Crippen molar-refractivity contribution in [2.24, 2.45) is 0 Å². The molecule has 0 aliphatic rings. The second-order valence-electron chi connectivity index (χ2n) is 4.29. The summed E-state index contributed by atoms with van der Waals surface area (Å²) in [6.07, 6.45) is -4.62. The summed E-state index contributed by atoms with van der Waals surface area (Å²) in [5.74, 6) is -0.162. The number of benzene rings is 2. The Kier molecular flexibility index (Phi) is 4.46. The highest BCUT2D eigenvalue weighted by Gasteiger charge is 2.33. The minimum Gasteiger partial charge on any atom is -0.506 e. The van der Waals surface area contributed by atoms with Crippen molar-refractivity contribution in [2.75, 3.05) is 10.6 Å². The van der Waals surface area contributed by atoms with Crippen molar-refractivity contribution in [3.63, 3.8) is 0 Å². The van der Waals surface area contributed by atoms with Gasteiger partial charge in [0.2, 0.25) is 0 Å². The minimum absolute atomic E-state index is 0.0790. The molecule has 3 N–H and O–H groups in total. The lowest BCUT2D eigenvalue weighted by Crippen LogP contribution is -2.20. The van der Waals surface area contributed by atoms with E-state index in [1.54, 1.807) is 12.1 Å². The fourth-order valence-corrected chi connectivity index (χ4v) is 1.91. The molecule has 0 saturated heterocycles. The Hall–Kier alpha value is -2.41. The highest BCUT2D eigenvalue weighted by Crippen LogP contribution is 2.36. The first-order valence-corrected chi connectivity index (χ1v) is 6.38. The minimum atomic E-state index is -4.62. The highest BCUT2D eigenvalue weighted by molar-refractivity contribution is 6.31. The summed E-state index contributed by atoms with van der Waals surface area (Å²) < 4.78 is 38.2. The Bertz CT molecular complexity index is 705. The molecule has 22 heavy (non-hydrogen) atoms. The van der Waals surface area contributed by atoms with E-state index in [4.69, 9.17) is 11.6 Å². The molecule has 0 aliphatic carbocycles. The summed E-state index contributed by atoms with van der Waals surface area (Å²) in [5, 5.41) is 13.6. The first kappa shape index (κ1) is 16.0. The van der Waals surface area contributed by atoms with Gasteiger partial charge in [-0.15, -0.1) is 0 Å². The van der Waals surface area contributed by atoms with Crippen LogP contribution in [0.4, 0.5) is 29.3 Å². The van der Waals surface area contributed by atoms with E-state index in [9.17, 15) is 23.1 Å². The number of halogens is 4. The zero-order valence-corrected chi connectivity index (χ0v) is 11.7. The van der Waals surface area contributed by atoms with Crippen molar-refractivity contribution >= 4 is 29.0 Å². The summed E-state index contributed by atoms with van der Waals surface area (Å²) in [6.45, 7) is 0. The zero-order chi connectivity index (χ0) is 16.3. The van der Waals surface area contributed by atoms with Crippen LogP contribution in [0.25, 0.3) is 0 Å². The fourth-order valence-electron chi connectivity index (χ4n) is 1.68. The first-order chi connectivity index (χ1) is 10.3. The van der Waals surface area contributed by atoms with Crippen LogP contribution in [0.1, 0.15) is 5.56 Å². The number of nitrogens with one attached hydrogen (secondary N) is 2. The molecule has 4 nitrogen and oxygen atoms in total. The van der Waals surface area contributed by atoms with E-state index in [0.29, 0.717) is 0 Å². The van der Waals surface area contributed by atoms with E-state index in [2.05, 4.69) is 10.6 Å². The predicted molar refractivity (Wildman–Crippen MR) is 77.2 cm³/mol. The Morgan fingerprint density at radius 1 is 1.09 bits per heavy atom. The SMILES string of the molecule is O=C(Nc1ccc(Cl)c(C(F)(F)F)c1)Nc1ccccc1O. The van der Waals surface area contributed by atoms with Gasteiger partial charge in [-0.05, 0) is 30.3 Å². The van der Waals surface area contributed by atoms with Crippen LogP contribution in [0.15, 0.2) is 42.5 Å². The molecular weight excluding hydrogens is 321 g/mol. The van der Waals surface area contributed by atoms with Gasteiger partial charge in [0, 0.05) is 5.69 Å². The molecular formula is C14H10ClF3N2O2. The van der Waals surface area contributed by atoms with Gasteiger partial charge in [0.05, 0.1) is 16.3 Å². The molecule has 0 unspecified atom stereocenters. The monoisotopic (exact) mass is 330 g/mol. The number of urea groups is 1. The topological polar surface area (TPSA) is 61.4 Å². The van der Waals surface area contributed by atoms with Gasteiger partial charge in [-0.1, -0.05) is 23.7 Å². The summed E-state index contributed by atoms with van der Waals surface area (Å²) in [7, 11) is 0. The maximum absolute atomic E-state index is 12.7. The maximum Gasteiger partial charge on any atom is 0.417 e. The third kappa shape index (κ3) is 3.82. The quantitative estimate of drug-likeness (QED) is 0.698. The van der Waals surface area contributed by atoms with E-state index in [0.717, 1.165) is 12.1 Å². The van der Waals surface area contributed by atoms with Crippen molar-refractivity contribution in [1.29, 1.82) is 0 Å². The number of amides is 2. The molecule has 0 heterocycles. The van der Waals surface area contributed by atoms with Crippen LogP contribution in [-0.4, -0.2) is 11.1 Å². The fraction of sp³-hybridized carbons (Fsp3) is 0.0714. The van der Waals surface area contributed by atoms with Crippen LogP contribution in [-0.2, 0) is 6.18 Å². The van der Waals surface area contributed by atoms with Gasteiger partial charge >= 0.3 is 12.2 Å².